The SMILES string of the molecule is Cl.Nc1nc2c(s1)CCN(CC=Cc1ccccc1)CC2.O. The molecule has 0 aliphatic carbocycles. The van der Waals surface area contributed by atoms with Gasteiger partial charge in [-0.3, -0.25) is 4.90 Å². The van der Waals surface area contributed by atoms with Crippen molar-refractivity contribution in [1.29, 1.82) is 0 Å². The summed E-state index contributed by atoms with van der Waals surface area (Å²) in [4.78, 5) is 8.27. The largest absolute Gasteiger partial charge is 0.412 e. The van der Waals surface area contributed by atoms with Crippen molar-refractivity contribution in [1.82, 2.24) is 9.88 Å². The summed E-state index contributed by atoms with van der Waals surface area (Å²) in [5, 5.41) is 0.715. The number of benzene rings is 1. The van der Waals surface area contributed by atoms with E-state index in [-0.39, 0.29) is 17.9 Å². The number of nitrogen functional groups attached to an aromatic ring is 1. The van der Waals surface area contributed by atoms with Crippen molar-refractivity contribution >= 4 is 35.0 Å². The molecular weight excluding hydrogens is 318 g/mol. The molecule has 120 valence electrons. The molecule has 6 heteroatoms. The number of anilines is 1. The number of nitrogens with two attached hydrogens (primary N) is 1. The Bertz CT molecular complexity index is 575. The lowest BCUT2D eigenvalue weighted by molar-refractivity contribution is 0.318. The van der Waals surface area contributed by atoms with E-state index in [0.717, 1.165) is 32.5 Å². The van der Waals surface area contributed by atoms with E-state index in [0.29, 0.717) is 5.13 Å². The van der Waals surface area contributed by atoms with Gasteiger partial charge in [-0.1, -0.05) is 42.5 Å². The molecule has 0 amide bonds. The number of halogens is 1. The second-order valence-electron chi connectivity index (χ2n) is 5.04. The Morgan fingerprint density at radius 2 is 1.91 bits per heavy atom. The number of fused-ring (bicyclic) bond motifs is 1. The van der Waals surface area contributed by atoms with Crippen molar-refractivity contribution in [3.8, 4) is 0 Å². The van der Waals surface area contributed by atoms with Gasteiger partial charge in [-0.15, -0.1) is 23.7 Å². The fourth-order valence-corrected chi connectivity index (χ4v) is 3.38. The molecule has 1 aliphatic heterocycles. The molecule has 0 bridgehead atoms. The molecule has 2 aromatic rings. The highest BCUT2D eigenvalue weighted by atomic mass is 35.5. The fourth-order valence-electron chi connectivity index (χ4n) is 2.51. The molecule has 2 heterocycles. The van der Waals surface area contributed by atoms with Gasteiger partial charge >= 0.3 is 0 Å². The van der Waals surface area contributed by atoms with Crippen LogP contribution in [0, 0.1) is 0 Å². The highest BCUT2D eigenvalue weighted by molar-refractivity contribution is 7.15. The van der Waals surface area contributed by atoms with Crippen LogP contribution in [0.5, 0.6) is 0 Å². The van der Waals surface area contributed by atoms with Gasteiger partial charge in [0, 0.05) is 30.9 Å². The minimum Gasteiger partial charge on any atom is -0.412 e. The van der Waals surface area contributed by atoms with Crippen LogP contribution in [0.2, 0.25) is 0 Å². The lowest BCUT2D eigenvalue weighted by Gasteiger charge is -2.17. The minimum atomic E-state index is 0. The van der Waals surface area contributed by atoms with Crippen molar-refractivity contribution in [2.45, 2.75) is 12.8 Å². The second kappa shape index (κ2) is 8.90. The van der Waals surface area contributed by atoms with E-state index in [2.05, 4.69) is 46.3 Å². The lowest BCUT2D eigenvalue weighted by atomic mass is 10.2. The normalized spacial score (nSPS) is 14.7. The van der Waals surface area contributed by atoms with Crippen molar-refractivity contribution in [3.05, 3.63) is 52.5 Å². The molecule has 0 unspecified atom stereocenters. The Hall–Kier alpha value is -1.40. The summed E-state index contributed by atoms with van der Waals surface area (Å²) in [6, 6.07) is 10.4. The molecule has 1 aliphatic rings. The molecule has 0 atom stereocenters. The van der Waals surface area contributed by atoms with E-state index in [4.69, 9.17) is 5.73 Å². The molecule has 0 spiro atoms. The van der Waals surface area contributed by atoms with Gasteiger partial charge in [0.25, 0.3) is 0 Å². The number of hydrogen-bond acceptors (Lipinski definition) is 4. The average Bonchev–Trinajstić information content (AvgIpc) is 2.72. The first-order valence-electron chi connectivity index (χ1n) is 6.99. The van der Waals surface area contributed by atoms with Crippen LogP contribution >= 0.6 is 23.7 Å². The molecule has 1 aromatic carbocycles. The van der Waals surface area contributed by atoms with Crippen LogP contribution in [0.1, 0.15) is 16.1 Å². The van der Waals surface area contributed by atoms with E-state index in [1.165, 1.54) is 16.1 Å². The highest BCUT2D eigenvalue weighted by Crippen LogP contribution is 2.24. The topological polar surface area (TPSA) is 73.7 Å². The second-order valence-corrected chi connectivity index (χ2v) is 6.15. The van der Waals surface area contributed by atoms with Gasteiger partial charge in [0.05, 0.1) is 5.69 Å². The summed E-state index contributed by atoms with van der Waals surface area (Å²) < 4.78 is 0. The fraction of sp³-hybridized carbons (Fsp3) is 0.312. The van der Waals surface area contributed by atoms with Crippen molar-refractivity contribution in [2.75, 3.05) is 25.4 Å². The maximum absolute atomic E-state index is 5.77. The number of nitrogens with zero attached hydrogens (tertiary/aromatic N) is 2. The molecular formula is C16H22ClN3OS. The zero-order chi connectivity index (χ0) is 13.8. The van der Waals surface area contributed by atoms with Gasteiger partial charge in [-0.2, -0.15) is 0 Å². The standard InChI is InChI=1S/C16H19N3S.ClH.H2O/c17-16-18-14-8-11-19(12-9-15(14)20-16)10-4-7-13-5-2-1-3-6-13;;/h1-7H,8-12H2,(H2,17,18);1H;1H2. The van der Waals surface area contributed by atoms with E-state index < -0.39 is 0 Å². The van der Waals surface area contributed by atoms with E-state index in [1.54, 1.807) is 11.3 Å². The van der Waals surface area contributed by atoms with Crippen LogP contribution in [0.4, 0.5) is 5.13 Å². The van der Waals surface area contributed by atoms with Crippen LogP contribution in [-0.2, 0) is 12.8 Å². The van der Waals surface area contributed by atoms with E-state index >= 15 is 0 Å². The summed E-state index contributed by atoms with van der Waals surface area (Å²) in [5.74, 6) is 0. The third-order valence-electron chi connectivity index (χ3n) is 3.59. The summed E-state index contributed by atoms with van der Waals surface area (Å²) in [6.45, 7) is 3.16. The Morgan fingerprint density at radius 3 is 2.68 bits per heavy atom. The van der Waals surface area contributed by atoms with E-state index in [9.17, 15) is 0 Å². The zero-order valence-electron chi connectivity index (χ0n) is 12.4. The first-order chi connectivity index (χ1) is 9.81. The van der Waals surface area contributed by atoms with Gasteiger partial charge in [0.15, 0.2) is 5.13 Å². The predicted molar refractivity (Wildman–Crippen MR) is 96.7 cm³/mol. The molecule has 0 saturated heterocycles. The van der Waals surface area contributed by atoms with Gasteiger partial charge < -0.3 is 11.2 Å². The van der Waals surface area contributed by atoms with Gasteiger partial charge in [-0.05, 0) is 12.0 Å². The van der Waals surface area contributed by atoms with Gasteiger partial charge in [-0.25, -0.2) is 4.98 Å². The number of aromatic nitrogens is 1. The third-order valence-corrected chi connectivity index (χ3v) is 4.57. The van der Waals surface area contributed by atoms with Crippen molar-refractivity contribution in [2.24, 2.45) is 0 Å². The molecule has 1 aromatic heterocycles. The molecule has 0 radical (unpaired) electrons. The third kappa shape index (κ3) is 4.81. The molecule has 3 rings (SSSR count). The van der Waals surface area contributed by atoms with Crippen LogP contribution in [0.15, 0.2) is 36.4 Å². The van der Waals surface area contributed by atoms with Crippen LogP contribution in [-0.4, -0.2) is 35.0 Å². The van der Waals surface area contributed by atoms with Crippen molar-refractivity contribution < 1.29 is 5.48 Å². The molecule has 0 fully saturated rings. The smallest absolute Gasteiger partial charge is 0.180 e. The van der Waals surface area contributed by atoms with Gasteiger partial charge in [0.1, 0.15) is 0 Å². The zero-order valence-corrected chi connectivity index (χ0v) is 14.0. The first kappa shape index (κ1) is 18.6. The van der Waals surface area contributed by atoms with Crippen molar-refractivity contribution in [3.63, 3.8) is 0 Å². The Labute approximate surface area is 141 Å². The van der Waals surface area contributed by atoms with Gasteiger partial charge in [0.2, 0.25) is 0 Å². The Kier molecular flexibility index (Phi) is 7.55. The first-order valence-corrected chi connectivity index (χ1v) is 7.81. The van der Waals surface area contributed by atoms with Crippen LogP contribution < -0.4 is 5.73 Å². The highest BCUT2D eigenvalue weighted by Gasteiger charge is 2.16. The lowest BCUT2D eigenvalue weighted by Crippen LogP contribution is -2.26. The minimum absolute atomic E-state index is 0. The summed E-state index contributed by atoms with van der Waals surface area (Å²) >= 11 is 1.65. The number of hydrogen-bond donors (Lipinski definition) is 1. The molecule has 4 N–H and O–H groups in total. The summed E-state index contributed by atoms with van der Waals surface area (Å²) in [5.41, 5.74) is 8.24. The number of rotatable bonds is 3. The summed E-state index contributed by atoms with van der Waals surface area (Å²) in [6.07, 6.45) is 6.53. The maximum Gasteiger partial charge on any atom is 0.180 e. The van der Waals surface area contributed by atoms with Crippen LogP contribution in [0.3, 0.4) is 0 Å². The molecule has 4 nitrogen and oxygen atoms in total. The van der Waals surface area contributed by atoms with Crippen LogP contribution in [0.25, 0.3) is 6.08 Å². The quantitative estimate of drug-likeness (QED) is 0.933. The number of thiazole rings is 1. The predicted octanol–water partition coefficient (Wildman–Crippen LogP) is 2.44. The Morgan fingerprint density at radius 1 is 1.18 bits per heavy atom. The average molecular weight is 340 g/mol. The Balaban J connectivity index is 0.00000121. The molecule has 22 heavy (non-hydrogen) atoms. The monoisotopic (exact) mass is 339 g/mol. The molecule has 0 saturated carbocycles. The van der Waals surface area contributed by atoms with E-state index in [1.807, 2.05) is 6.07 Å². The summed E-state index contributed by atoms with van der Waals surface area (Å²) in [7, 11) is 0. The maximum atomic E-state index is 5.77.